The zero-order chi connectivity index (χ0) is 6.97. The van der Waals surface area contributed by atoms with Gasteiger partial charge in [-0.2, -0.15) is 0 Å². The number of fused-ring (bicyclic) bond motifs is 1. The zero-order valence-corrected chi connectivity index (χ0v) is 5.23. The van der Waals surface area contributed by atoms with Crippen LogP contribution in [0.2, 0.25) is 0 Å². The molecule has 1 unspecified atom stereocenters. The Morgan fingerprint density at radius 3 is 3.20 bits per heavy atom. The molecule has 0 aromatic carbocycles. The van der Waals surface area contributed by atoms with E-state index in [9.17, 15) is 0 Å². The quantitative estimate of drug-likeness (QED) is 0.486. The van der Waals surface area contributed by atoms with Gasteiger partial charge in [0.25, 0.3) is 0 Å². The van der Waals surface area contributed by atoms with Gasteiger partial charge in [-0.3, -0.25) is 4.99 Å². The predicted molar refractivity (Wildman–Crippen MR) is 40.5 cm³/mol. The largest absolute Gasteiger partial charge is 0.397 e. The van der Waals surface area contributed by atoms with Gasteiger partial charge in [-0.1, -0.05) is 0 Å². The van der Waals surface area contributed by atoms with E-state index < -0.39 is 0 Å². The summed E-state index contributed by atoms with van der Waals surface area (Å²) in [6.45, 7) is 0. The molecule has 50 valence electrons. The zero-order valence-electron chi connectivity index (χ0n) is 5.23. The third kappa shape index (κ3) is 0.655. The van der Waals surface area contributed by atoms with Gasteiger partial charge in [0.15, 0.2) is 6.17 Å². The van der Waals surface area contributed by atoms with E-state index >= 15 is 0 Å². The average Bonchev–Trinajstić information content (AvgIpc) is 2.33. The smallest absolute Gasteiger partial charge is 0.183 e. The molecule has 4 nitrogen and oxygen atoms in total. The molecule has 2 rings (SSSR count). The lowest BCUT2D eigenvalue weighted by molar-refractivity contribution is 0.949. The van der Waals surface area contributed by atoms with Crippen LogP contribution in [0.5, 0.6) is 0 Å². The van der Waals surface area contributed by atoms with Gasteiger partial charge in [0.1, 0.15) is 6.34 Å². The normalized spacial score (nSPS) is 27.8. The fourth-order valence-electron chi connectivity index (χ4n) is 0.898. The standard InChI is InChI=1S/C6H6N4/c7-4-1-5-6(8-2-4)10-3-9-5/h1-3,6H,7H2. The van der Waals surface area contributed by atoms with Crippen LogP contribution in [0.1, 0.15) is 0 Å². The Bertz CT molecular complexity index is 271. The molecule has 0 spiro atoms. The molecule has 2 aliphatic rings. The summed E-state index contributed by atoms with van der Waals surface area (Å²) in [5.41, 5.74) is 6.94. The molecule has 2 N–H and O–H groups in total. The highest BCUT2D eigenvalue weighted by molar-refractivity contribution is 6.11. The summed E-state index contributed by atoms with van der Waals surface area (Å²) in [5.74, 6) is 0. The summed E-state index contributed by atoms with van der Waals surface area (Å²) < 4.78 is 0. The molecular formula is C6H6N4. The number of hydrogen-bond acceptors (Lipinski definition) is 4. The van der Waals surface area contributed by atoms with Gasteiger partial charge in [-0.25, -0.2) is 9.98 Å². The fraction of sp³-hybridized carbons (Fsp3) is 0.167. The molecule has 0 fully saturated rings. The fourth-order valence-corrected chi connectivity index (χ4v) is 0.898. The van der Waals surface area contributed by atoms with Gasteiger partial charge in [0, 0.05) is 6.21 Å². The van der Waals surface area contributed by atoms with Crippen molar-refractivity contribution >= 4 is 18.3 Å². The second-order valence-electron chi connectivity index (χ2n) is 2.11. The van der Waals surface area contributed by atoms with Gasteiger partial charge >= 0.3 is 0 Å². The highest BCUT2D eigenvalue weighted by atomic mass is 15.1. The van der Waals surface area contributed by atoms with Crippen molar-refractivity contribution in [2.75, 3.05) is 0 Å². The lowest BCUT2D eigenvalue weighted by Crippen LogP contribution is -2.18. The van der Waals surface area contributed by atoms with E-state index in [-0.39, 0.29) is 6.17 Å². The molecule has 2 heterocycles. The van der Waals surface area contributed by atoms with Gasteiger partial charge in [0.05, 0.1) is 11.4 Å². The van der Waals surface area contributed by atoms with Crippen LogP contribution in [-0.4, -0.2) is 24.4 Å². The molecule has 0 saturated carbocycles. The number of dihydropyridines is 1. The number of nitrogens with zero attached hydrogens (tertiary/aromatic N) is 3. The summed E-state index contributed by atoms with van der Waals surface area (Å²) in [6, 6.07) is 0. The van der Waals surface area contributed by atoms with Crippen LogP contribution >= 0.6 is 0 Å². The topological polar surface area (TPSA) is 63.1 Å². The average molecular weight is 134 g/mol. The van der Waals surface area contributed by atoms with Crippen molar-refractivity contribution in [1.29, 1.82) is 0 Å². The molecule has 4 heteroatoms. The Hall–Kier alpha value is -1.45. The highest BCUT2D eigenvalue weighted by Crippen LogP contribution is 2.08. The van der Waals surface area contributed by atoms with Crippen LogP contribution in [0.3, 0.4) is 0 Å². The molecule has 0 saturated heterocycles. The van der Waals surface area contributed by atoms with E-state index in [0.717, 1.165) is 5.71 Å². The number of nitrogens with two attached hydrogens (primary N) is 1. The van der Waals surface area contributed by atoms with E-state index in [1.54, 1.807) is 12.3 Å². The Morgan fingerprint density at radius 2 is 2.30 bits per heavy atom. The predicted octanol–water partition coefficient (Wildman–Crippen LogP) is -0.278. The monoisotopic (exact) mass is 134 g/mol. The lowest BCUT2D eigenvalue weighted by atomic mass is 10.2. The molecular weight excluding hydrogens is 128 g/mol. The lowest BCUT2D eigenvalue weighted by Gasteiger charge is -2.06. The van der Waals surface area contributed by atoms with Crippen LogP contribution in [0.15, 0.2) is 26.8 Å². The number of rotatable bonds is 0. The van der Waals surface area contributed by atoms with Crippen LogP contribution in [0.25, 0.3) is 0 Å². The molecule has 10 heavy (non-hydrogen) atoms. The van der Waals surface area contributed by atoms with Crippen molar-refractivity contribution in [2.45, 2.75) is 6.17 Å². The minimum atomic E-state index is -0.118. The third-order valence-corrected chi connectivity index (χ3v) is 1.36. The van der Waals surface area contributed by atoms with Crippen LogP contribution in [0.4, 0.5) is 0 Å². The van der Waals surface area contributed by atoms with Gasteiger partial charge in [-0.05, 0) is 6.08 Å². The van der Waals surface area contributed by atoms with Crippen LogP contribution in [0, 0.1) is 0 Å². The number of allylic oxidation sites excluding steroid dienone is 1. The summed E-state index contributed by atoms with van der Waals surface area (Å²) in [6.07, 6.45) is 4.77. The van der Waals surface area contributed by atoms with Crippen molar-refractivity contribution in [3.8, 4) is 0 Å². The van der Waals surface area contributed by atoms with Crippen molar-refractivity contribution in [2.24, 2.45) is 20.7 Å². The second kappa shape index (κ2) is 1.76. The molecule has 1 atom stereocenters. The maximum absolute atomic E-state index is 5.47. The minimum absolute atomic E-state index is 0.118. The summed E-state index contributed by atoms with van der Waals surface area (Å²) in [7, 11) is 0. The first kappa shape index (κ1) is 5.34. The Kier molecular flexibility index (Phi) is 0.943. The van der Waals surface area contributed by atoms with Crippen molar-refractivity contribution in [1.82, 2.24) is 0 Å². The Balaban J connectivity index is 2.39. The van der Waals surface area contributed by atoms with Crippen LogP contribution in [-0.2, 0) is 0 Å². The third-order valence-electron chi connectivity index (χ3n) is 1.36. The Labute approximate surface area is 57.9 Å². The van der Waals surface area contributed by atoms with E-state index in [1.165, 1.54) is 6.34 Å². The van der Waals surface area contributed by atoms with Crippen molar-refractivity contribution < 1.29 is 0 Å². The summed E-state index contributed by atoms with van der Waals surface area (Å²) in [5, 5.41) is 0. The van der Waals surface area contributed by atoms with Crippen molar-refractivity contribution in [3.05, 3.63) is 11.8 Å². The van der Waals surface area contributed by atoms with Gasteiger partial charge in [-0.15, -0.1) is 0 Å². The molecule has 2 aliphatic heterocycles. The molecule has 0 aromatic heterocycles. The molecule has 0 aromatic rings. The van der Waals surface area contributed by atoms with E-state index in [1.807, 2.05) is 0 Å². The molecule has 0 bridgehead atoms. The summed E-state index contributed by atoms with van der Waals surface area (Å²) in [4.78, 5) is 12.0. The highest BCUT2D eigenvalue weighted by Gasteiger charge is 2.16. The van der Waals surface area contributed by atoms with Gasteiger partial charge in [0.2, 0.25) is 0 Å². The van der Waals surface area contributed by atoms with Crippen LogP contribution < -0.4 is 5.73 Å². The van der Waals surface area contributed by atoms with Gasteiger partial charge < -0.3 is 5.73 Å². The molecule has 0 amide bonds. The number of aliphatic imine (C=N–C) groups is 3. The first-order chi connectivity index (χ1) is 4.86. The van der Waals surface area contributed by atoms with E-state index in [4.69, 9.17) is 5.73 Å². The van der Waals surface area contributed by atoms with Crippen molar-refractivity contribution in [3.63, 3.8) is 0 Å². The minimum Gasteiger partial charge on any atom is -0.397 e. The first-order valence-corrected chi connectivity index (χ1v) is 2.96. The maximum Gasteiger partial charge on any atom is 0.183 e. The SMILES string of the molecule is NC1=CC2=NC=NC2N=C1. The Morgan fingerprint density at radius 1 is 1.40 bits per heavy atom. The maximum atomic E-state index is 5.47. The molecule has 0 aliphatic carbocycles. The summed E-state index contributed by atoms with van der Waals surface area (Å²) >= 11 is 0. The number of hydrogen-bond donors (Lipinski definition) is 1. The second-order valence-corrected chi connectivity index (χ2v) is 2.11. The van der Waals surface area contributed by atoms with E-state index in [2.05, 4.69) is 15.0 Å². The van der Waals surface area contributed by atoms with E-state index in [0.29, 0.717) is 5.70 Å². The first-order valence-electron chi connectivity index (χ1n) is 2.96. The molecule has 0 radical (unpaired) electrons.